The molecule has 1 N–H and O–H groups in total. The van der Waals surface area contributed by atoms with Crippen LogP contribution < -0.4 is 5.32 Å². The van der Waals surface area contributed by atoms with Gasteiger partial charge in [0.1, 0.15) is 11.8 Å². The van der Waals surface area contributed by atoms with E-state index in [2.05, 4.69) is 10.4 Å². The summed E-state index contributed by atoms with van der Waals surface area (Å²) in [5.74, 6) is 0.595. The lowest BCUT2D eigenvalue weighted by Crippen LogP contribution is -2.44. The van der Waals surface area contributed by atoms with Crippen molar-refractivity contribution < 1.29 is 14.0 Å². The zero-order valence-electron chi connectivity index (χ0n) is 12.9. The van der Waals surface area contributed by atoms with Crippen molar-refractivity contribution in [2.24, 2.45) is 0 Å². The first kappa shape index (κ1) is 15.3. The number of amides is 2. The average Bonchev–Trinajstić information content (AvgIpc) is 3.28. The van der Waals surface area contributed by atoms with Crippen molar-refractivity contribution in [3.8, 4) is 0 Å². The molecule has 1 aliphatic rings. The summed E-state index contributed by atoms with van der Waals surface area (Å²) in [5, 5.41) is 7.03. The van der Waals surface area contributed by atoms with Gasteiger partial charge in [-0.3, -0.25) is 14.3 Å². The molecule has 122 valence electrons. The topological polar surface area (TPSA) is 80.4 Å². The summed E-state index contributed by atoms with van der Waals surface area (Å²) >= 11 is 0. The molecule has 2 aromatic rings. The monoisotopic (exact) mass is 316 g/mol. The van der Waals surface area contributed by atoms with Crippen LogP contribution in [-0.2, 0) is 22.7 Å². The maximum Gasteiger partial charge on any atom is 0.242 e. The standard InChI is InChI=1S/C16H20N4O3/c21-15-6-5-14(20(15)12-13-4-1-11-23-13)16(22)17-7-2-9-19-10-3-8-18-19/h1,3-4,8,10-11,14H,2,5-7,9,12H2,(H,17,22)/t14-/m0/s1. The lowest BCUT2D eigenvalue weighted by molar-refractivity contribution is -0.136. The predicted molar refractivity (Wildman–Crippen MR) is 82.1 cm³/mol. The molecule has 2 amide bonds. The Balaban J connectivity index is 1.48. The molecule has 23 heavy (non-hydrogen) atoms. The second kappa shape index (κ2) is 7.13. The van der Waals surface area contributed by atoms with E-state index in [1.165, 1.54) is 0 Å². The van der Waals surface area contributed by atoms with Crippen LogP contribution in [0.5, 0.6) is 0 Å². The molecule has 3 rings (SSSR count). The van der Waals surface area contributed by atoms with Crippen LogP contribution in [-0.4, -0.2) is 39.1 Å². The van der Waals surface area contributed by atoms with Gasteiger partial charge >= 0.3 is 0 Å². The van der Waals surface area contributed by atoms with E-state index in [4.69, 9.17) is 4.42 Å². The Labute approximate surface area is 134 Å². The number of rotatable bonds is 7. The van der Waals surface area contributed by atoms with Gasteiger partial charge in [-0.15, -0.1) is 0 Å². The third kappa shape index (κ3) is 3.80. The van der Waals surface area contributed by atoms with E-state index in [9.17, 15) is 9.59 Å². The lowest BCUT2D eigenvalue weighted by Gasteiger charge is -2.23. The van der Waals surface area contributed by atoms with E-state index in [-0.39, 0.29) is 11.8 Å². The quantitative estimate of drug-likeness (QED) is 0.778. The number of carbonyl (C=O) groups excluding carboxylic acids is 2. The Hall–Kier alpha value is -2.57. The van der Waals surface area contributed by atoms with Gasteiger partial charge in [-0.2, -0.15) is 5.10 Å². The van der Waals surface area contributed by atoms with Crippen molar-refractivity contribution in [2.45, 2.75) is 38.4 Å². The molecule has 0 bridgehead atoms. The highest BCUT2D eigenvalue weighted by Crippen LogP contribution is 2.21. The molecule has 7 heteroatoms. The third-order valence-corrected chi connectivity index (χ3v) is 3.96. The summed E-state index contributed by atoms with van der Waals surface area (Å²) in [6.45, 7) is 1.67. The molecule has 2 aromatic heterocycles. The van der Waals surface area contributed by atoms with Crippen LogP contribution in [0.15, 0.2) is 41.3 Å². The van der Waals surface area contributed by atoms with Gasteiger partial charge in [0.25, 0.3) is 0 Å². The summed E-state index contributed by atoms with van der Waals surface area (Å²) in [5.41, 5.74) is 0. The summed E-state index contributed by atoms with van der Waals surface area (Å²) in [4.78, 5) is 25.9. The van der Waals surface area contributed by atoms with Gasteiger partial charge in [-0.1, -0.05) is 0 Å². The zero-order chi connectivity index (χ0) is 16.1. The van der Waals surface area contributed by atoms with E-state index in [0.29, 0.717) is 31.7 Å². The SMILES string of the molecule is O=C(NCCCn1cccn1)[C@@H]1CCC(=O)N1Cc1ccco1. The number of nitrogens with zero attached hydrogens (tertiary/aromatic N) is 3. The van der Waals surface area contributed by atoms with Crippen molar-refractivity contribution >= 4 is 11.8 Å². The van der Waals surface area contributed by atoms with Gasteiger partial charge in [-0.05, 0) is 31.0 Å². The molecular formula is C16H20N4O3. The van der Waals surface area contributed by atoms with Crippen LogP contribution in [0.4, 0.5) is 0 Å². The second-order valence-corrected chi connectivity index (χ2v) is 5.57. The number of hydrogen-bond donors (Lipinski definition) is 1. The molecule has 7 nitrogen and oxygen atoms in total. The van der Waals surface area contributed by atoms with Crippen molar-refractivity contribution in [1.82, 2.24) is 20.0 Å². The van der Waals surface area contributed by atoms with Crippen molar-refractivity contribution in [2.75, 3.05) is 6.54 Å². The number of nitrogens with one attached hydrogen (secondary N) is 1. The fourth-order valence-corrected chi connectivity index (χ4v) is 2.78. The number of aryl methyl sites for hydroxylation is 1. The van der Waals surface area contributed by atoms with Crippen LogP contribution in [0.2, 0.25) is 0 Å². The zero-order valence-corrected chi connectivity index (χ0v) is 12.9. The molecule has 0 aromatic carbocycles. The van der Waals surface area contributed by atoms with E-state index in [1.807, 2.05) is 23.0 Å². The number of carbonyl (C=O) groups is 2. The first-order chi connectivity index (χ1) is 11.2. The summed E-state index contributed by atoms with van der Waals surface area (Å²) in [6, 6.07) is 5.05. The molecule has 1 saturated heterocycles. The van der Waals surface area contributed by atoms with Crippen LogP contribution in [0.3, 0.4) is 0 Å². The highest BCUT2D eigenvalue weighted by atomic mass is 16.3. The lowest BCUT2D eigenvalue weighted by atomic mass is 10.2. The molecule has 1 fully saturated rings. The number of likely N-dealkylation sites (tertiary alicyclic amines) is 1. The molecule has 3 heterocycles. The summed E-state index contributed by atoms with van der Waals surface area (Å²) in [6.07, 6.45) is 6.96. The Morgan fingerprint density at radius 1 is 1.43 bits per heavy atom. The summed E-state index contributed by atoms with van der Waals surface area (Å²) in [7, 11) is 0. The van der Waals surface area contributed by atoms with E-state index >= 15 is 0 Å². The Kier molecular flexibility index (Phi) is 4.75. The highest BCUT2D eigenvalue weighted by molar-refractivity contribution is 5.90. The Morgan fingerprint density at radius 3 is 3.09 bits per heavy atom. The van der Waals surface area contributed by atoms with Crippen molar-refractivity contribution in [3.63, 3.8) is 0 Å². The highest BCUT2D eigenvalue weighted by Gasteiger charge is 2.36. The van der Waals surface area contributed by atoms with Gasteiger partial charge in [0.05, 0.1) is 12.8 Å². The van der Waals surface area contributed by atoms with Gasteiger partial charge in [-0.25, -0.2) is 0 Å². The van der Waals surface area contributed by atoms with Gasteiger partial charge in [0, 0.05) is 31.9 Å². The largest absolute Gasteiger partial charge is 0.467 e. The molecule has 0 radical (unpaired) electrons. The first-order valence-corrected chi connectivity index (χ1v) is 7.81. The fourth-order valence-electron chi connectivity index (χ4n) is 2.78. The normalized spacial score (nSPS) is 17.7. The molecule has 0 aliphatic carbocycles. The maximum absolute atomic E-state index is 12.3. The Bertz CT molecular complexity index is 636. The molecular weight excluding hydrogens is 296 g/mol. The maximum atomic E-state index is 12.3. The minimum atomic E-state index is -0.405. The van der Waals surface area contributed by atoms with Crippen molar-refractivity contribution in [1.29, 1.82) is 0 Å². The van der Waals surface area contributed by atoms with Crippen LogP contribution in [0.25, 0.3) is 0 Å². The van der Waals surface area contributed by atoms with Gasteiger partial charge in [0.2, 0.25) is 11.8 Å². The van der Waals surface area contributed by atoms with E-state index < -0.39 is 6.04 Å². The molecule has 0 spiro atoms. The number of furan rings is 1. The van der Waals surface area contributed by atoms with Gasteiger partial charge in [0.15, 0.2) is 0 Å². The number of hydrogen-bond acceptors (Lipinski definition) is 4. The smallest absolute Gasteiger partial charge is 0.242 e. The summed E-state index contributed by atoms with van der Waals surface area (Å²) < 4.78 is 7.10. The minimum absolute atomic E-state index is 0.00177. The van der Waals surface area contributed by atoms with Gasteiger partial charge < -0.3 is 14.6 Å². The predicted octanol–water partition coefficient (Wildman–Crippen LogP) is 1.17. The minimum Gasteiger partial charge on any atom is -0.467 e. The third-order valence-electron chi connectivity index (χ3n) is 3.96. The first-order valence-electron chi connectivity index (χ1n) is 7.81. The van der Waals surface area contributed by atoms with E-state index in [0.717, 1.165) is 13.0 Å². The molecule has 1 aliphatic heterocycles. The average molecular weight is 316 g/mol. The van der Waals surface area contributed by atoms with Crippen LogP contribution in [0, 0.1) is 0 Å². The van der Waals surface area contributed by atoms with Crippen molar-refractivity contribution in [3.05, 3.63) is 42.6 Å². The van der Waals surface area contributed by atoms with E-state index in [1.54, 1.807) is 23.4 Å². The molecule has 1 atom stereocenters. The molecule has 0 unspecified atom stereocenters. The fraction of sp³-hybridized carbons (Fsp3) is 0.438. The Morgan fingerprint density at radius 2 is 2.35 bits per heavy atom. The number of aromatic nitrogens is 2. The molecule has 0 saturated carbocycles. The van der Waals surface area contributed by atoms with Crippen LogP contribution >= 0.6 is 0 Å². The van der Waals surface area contributed by atoms with Crippen LogP contribution in [0.1, 0.15) is 25.0 Å². The second-order valence-electron chi connectivity index (χ2n) is 5.57.